The van der Waals surface area contributed by atoms with Crippen LogP contribution in [0.5, 0.6) is 0 Å². The van der Waals surface area contributed by atoms with Crippen molar-refractivity contribution in [1.82, 2.24) is 0 Å². The Labute approximate surface area is 90.5 Å². The smallest absolute Gasteiger partial charge is 0.275 e. The number of carbonyl (C=O) groups is 1. The minimum atomic E-state index is -0.678. The van der Waals surface area contributed by atoms with Crippen molar-refractivity contribution in [2.75, 3.05) is 0 Å². The topological polar surface area (TPSA) is 108 Å². The molecule has 16 heavy (non-hydrogen) atoms. The Balaban J connectivity index is 3.50. The van der Waals surface area contributed by atoms with Crippen LogP contribution in [0.2, 0.25) is 0 Å². The quantitative estimate of drug-likeness (QED) is 0.429. The van der Waals surface area contributed by atoms with Crippen molar-refractivity contribution in [2.24, 2.45) is 0 Å². The highest BCUT2D eigenvalue weighted by Gasteiger charge is 2.17. The minimum absolute atomic E-state index is 0.0540. The second kappa shape index (κ2) is 4.67. The van der Waals surface area contributed by atoms with E-state index in [0.29, 0.717) is 6.29 Å². The third-order valence-electron chi connectivity index (χ3n) is 1.96. The van der Waals surface area contributed by atoms with E-state index in [1.54, 1.807) is 12.1 Å². The highest BCUT2D eigenvalue weighted by molar-refractivity contribution is 5.80. The van der Waals surface area contributed by atoms with E-state index in [1.807, 2.05) is 0 Å². The van der Waals surface area contributed by atoms with Crippen molar-refractivity contribution in [3.8, 4) is 12.1 Å². The van der Waals surface area contributed by atoms with E-state index in [-0.39, 0.29) is 28.8 Å². The van der Waals surface area contributed by atoms with Crippen LogP contribution in [0.25, 0.3) is 0 Å². The van der Waals surface area contributed by atoms with Gasteiger partial charge in [0, 0.05) is 17.2 Å². The fraction of sp³-hybridized carbons (Fsp3) is 0.100. The van der Waals surface area contributed by atoms with Crippen LogP contribution in [-0.2, 0) is 6.42 Å². The molecule has 0 aliphatic heterocycles. The monoisotopic (exact) mass is 215 g/mol. The van der Waals surface area contributed by atoms with E-state index >= 15 is 0 Å². The summed E-state index contributed by atoms with van der Waals surface area (Å²) in [4.78, 5) is 20.6. The number of benzene rings is 1. The number of aldehydes is 1. The molecule has 0 amide bonds. The number of hydrogen-bond donors (Lipinski definition) is 0. The molecular weight excluding hydrogens is 210 g/mol. The second-order valence-electron chi connectivity index (χ2n) is 2.89. The van der Waals surface area contributed by atoms with Crippen molar-refractivity contribution in [1.29, 1.82) is 10.5 Å². The van der Waals surface area contributed by atoms with Crippen molar-refractivity contribution >= 4 is 12.0 Å². The number of rotatable bonds is 3. The summed E-state index contributed by atoms with van der Waals surface area (Å²) in [5.74, 6) is 0. The molecule has 1 aromatic rings. The molecule has 0 aliphatic rings. The van der Waals surface area contributed by atoms with Crippen LogP contribution in [0.15, 0.2) is 12.1 Å². The molecule has 78 valence electrons. The summed E-state index contributed by atoms with van der Waals surface area (Å²) in [7, 11) is 0. The molecule has 0 unspecified atom stereocenters. The maximum Gasteiger partial charge on any atom is 0.275 e. The Kier molecular flexibility index (Phi) is 3.31. The summed E-state index contributed by atoms with van der Waals surface area (Å²) in [6.07, 6.45) is 0.256. The van der Waals surface area contributed by atoms with Gasteiger partial charge in [0.25, 0.3) is 5.69 Å². The maximum absolute atomic E-state index is 10.7. The minimum Gasteiger partial charge on any atom is -0.298 e. The molecule has 1 aromatic carbocycles. The third kappa shape index (κ3) is 2.02. The summed E-state index contributed by atoms with van der Waals surface area (Å²) < 4.78 is 0. The average molecular weight is 215 g/mol. The zero-order valence-electron chi connectivity index (χ0n) is 8.01. The van der Waals surface area contributed by atoms with Crippen LogP contribution in [-0.4, -0.2) is 11.2 Å². The Morgan fingerprint density at radius 2 is 2.12 bits per heavy atom. The van der Waals surface area contributed by atoms with Gasteiger partial charge in [-0.3, -0.25) is 14.9 Å². The first-order valence-corrected chi connectivity index (χ1v) is 4.17. The number of nitro benzene ring substituents is 1. The van der Waals surface area contributed by atoms with Gasteiger partial charge in [0.2, 0.25) is 0 Å². The average Bonchev–Trinajstić information content (AvgIpc) is 2.28. The predicted octanol–water partition coefficient (Wildman–Crippen LogP) is 1.35. The van der Waals surface area contributed by atoms with Crippen molar-refractivity contribution in [2.45, 2.75) is 6.42 Å². The van der Waals surface area contributed by atoms with Gasteiger partial charge in [-0.2, -0.15) is 10.5 Å². The van der Waals surface area contributed by atoms with Crippen LogP contribution in [0.4, 0.5) is 5.69 Å². The first-order valence-electron chi connectivity index (χ1n) is 4.17. The zero-order chi connectivity index (χ0) is 12.1. The second-order valence-corrected chi connectivity index (χ2v) is 2.89. The van der Waals surface area contributed by atoms with E-state index in [2.05, 4.69) is 0 Å². The van der Waals surface area contributed by atoms with Crippen LogP contribution < -0.4 is 0 Å². The summed E-state index contributed by atoms with van der Waals surface area (Å²) in [6.45, 7) is 0. The number of nitriles is 2. The summed E-state index contributed by atoms with van der Waals surface area (Å²) in [6, 6.07) is 5.67. The lowest BCUT2D eigenvalue weighted by atomic mass is 10.0. The van der Waals surface area contributed by atoms with Crippen LogP contribution in [0.3, 0.4) is 0 Å². The molecule has 0 aliphatic carbocycles. The van der Waals surface area contributed by atoms with Crippen molar-refractivity contribution in [3.05, 3.63) is 38.9 Å². The Morgan fingerprint density at radius 3 is 2.56 bits per heavy atom. The fourth-order valence-electron chi connectivity index (χ4n) is 1.24. The zero-order valence-corrected chi connectivity index (χ0v) is 8.01. The fourth-order valence-corrected chi connectivity index (χ4v) is 1.24. The van der Waals surface area contributed by atoms with E-state index in [0.717, 1.165) is 6.07 Å². The molecule has 0 atom stereocenters. The Morgan fingerprint density at radius 1 is 1.44 bits per heavy atom. The Bertz CT molecular complexity index is 537. The molecule has 1 rings (SSSR count). The molecule has 0 fully saturated rings. The molecule has 0 spiro atoms. The third-order valence-corrected chi connectivity index (χ3v) is 1.96. The SMILES string of the molecule is N#CCc1cc(C=O)c(C#N)cc1[N+](=O)[O-]. The molecule has 0 bridgehead atoms. The summed E-state index contributed by atoms with van der Waals surface area (Å²) in [5, 5.41) is 27.8. The summed E-state index contributed by atoms with van der Waals surface area (Å²) >= 11 is 0. The van der Waals surface area contributed by atoms with Gasteiger partial charge in [-0.05, 0) is 6.07 Å². The van der Waals surface area contributed by atoms with E-state index in [4.69, 9.17) is 10.5 Å². The van der Waals surface area contributed by atoms with Gasteiger partial charge in [0.1, 0.15) is 6.07 Å². The van der Waals surface area contributed by atoms with Gasteiger partial charge in [0.05, 0.1) is 23.0 Å². The van der Waals surface area contributed by atoms with E-state index in [9.17, 15) is 14.9 Å². The number of nitro groups is 1. The largest absolute Gasteiger partial charge is 0.298 e. The lowest BCUT2D eigenvalue weighted by Crippen LogP contribution is -1.99. The number of carbonyl (C=O) groups excluding carboxylic acids is 1. The van der Waals surface area contributed by atoms with Gasteiger partial charge in [-0.15, -0.1) is 0 Å². The lowest BCUT2D eigenvalue weighted by molar-refractivity contribution is -0.385. The molecule has 6 nitrogen and oxygen atoms in total. The highest BCUT2D eigenvalue weighted by Crippen LogP contribution is 2.23. The molecule has 6 heteroatoms. The summed E-state index contributed by atoms with van der Waals surface area (Å²) in [5.41, 5.74) is -0.195. The van der Waals surface area contributed by atoms with Gasteiger partial charge in [-0.1, -0.05) is 0 Å². The first kappa shape index (κ1) is 11.3. The van der Waals surface area contributed by atoms with Crippen molar-refractivity contribution in [3.63, 3.8) is 0 Å². The lowest BCUT2D eigenvalue weighted by Gasteiger charge is -2.01. The Hall–Kier alpha value is -2.73. The normalized spacial score (nSPS) is 8.88. The maximum atomic E-state index is 10.7. The number of hydrogen-bond acceptors (Lipinski definition) is 5. The molecule has 0 heterocycles. The van der Waals surface area contributed by atoms with Gasteiger partial charge >= 0.3 is 0 Å². The van der Waals surface area contributed by atoms with Crippen LogP contribution in [0, 0.1) is 32.8 Å². The molecule has 0 saturated heterocycles. The number of nitrogens with zero attached hydrogens (tertiary/aromatic N) is 3. The van der Waals surface area contributed by atoms with Crippen LogP contribution >= 0.6 is 0 Å². The molecule has 0 radical (unpaired) electrons. The molecule has 0 aromatic heterocycles. The van der Waals surface area contributed by atoms with E-state index in [1.165, 1.54) is 6.07 Å². The van der Waals surface area contributed by atoms with Gasteiger partial charge < -0.3 is 0 Å². The predicted molar refractivity (Wildman–Crippen MR) is 52.5 cm³/mol. The van der Waals surface area contributed by atoms with Crippen molar-refractivity contribution < 1.29 is 9.72 Å². The standard InChI is InChI=1S/C10H5N3O3/c11-2-1-7-3-9(6-14)8(5-12)4-10(7)13(15)16/h3-4,6H,1H2. The van der Waals surface area contributed by atoms with Gasteiger partial charge in [0.15, 0.2) is 6.29 Å². The van der Waals surface area contributed by atoms with E-state index < -0.39 is 4.92 Å². The van der Waals surface area contributed by atoms with Crippen LogP contribution in [0.1, 0.15) is 21.5 Å². The molecular formula is C10H5N3O3. The highest BCUT2D eigenvalue weighted by atomic mass is 16.6. The first-order chi connectivity index (χ1) is 7.63. The van der Waals surface area contributed by atoms with Gasteiger partial charge in [-0.25, -0.2) is 0 Å². The molecule has 0 N–H and O–H groups in total. The molecule has 0 saturated carbocycles.